The van der Waals surface area contributed by atoms with Crippen LogP contribution < -0.4 is 14.8 Å². The van der Waals surface area contributed by atoms with Gasteiger partial charge < -0.3 is 14.8 Å². The molecule has 0 unspecified atom stereocenters. The first-order valence-electron chi connectivity index (χ1n) is 6.08. The molecule has 0 bridgehead atoms. The molecule has 1 aromatic rings. The minimum atomic E-state index is 0.728. The number of rotatable bonds is 4. The minimum absolute atomic E-state index is 0.728. The Morgan fingerprint density at radius 1 is 1.22 bits per heavy atom. The van der Waals surface area contributed by atoms with Gasteiger partial charge in [-0.05, 0) is 12.1 Å². The van der Waals surface area contributed by atoms with Crippen molar-refractivity contribution in [2.75, 3.05) is 40.4 Å². The average Bonchev–Trinajstić information content (AvgIpc) is 2.42. The monoisotopic (exact) mass is 270 g/mol. The maximum Gasteiger partial charge on any atom is 0.166 e. The number of ether oxygens (including phenoxy) is 2. The van der Waals surface area contributed by atoms with Crippen molar-refractivity contribution in [1.29, 1.82) is 0 Å². The van der Waals surface area contributed by atoms with Gasteiger partial charge in [-0.15, -0.1) is 0 Å². The quantitative estimate of drug-likeness (QED) is 0.904. The van der Waals surface area contributed by atoms with Gasteiger partial charge in [0.25, 0.3) is 0 Å². The molecule has 0 saturated carbocycles. The maximum atomic E-state index is 6.28. The molecule has 0 atom stereocenters. The molecule has 100 valence electrons. The summed E-state index contributed by atoms with van der Waals surface area (Å²) in [5.41, 5.74) is 1.00. The SMILES string of the molecule is COc1ccc(Cl)c(CN2CCNCC2)c1OC. The average molecular weight is 271 g/mol. The number of nitrogens with zero attached hydrogens (tertiary/aromatic N) is 1. The van der Waals surface area contributed by atoms with Crippen LogP contribution in [0.1, 0.15) is 5.56 Å². The Labute approximate surface area is 113 Å². The molecule has 0 amide bonds. The van der Waals surface area contributed by atoms with Crippen molar-refractivity contribution in [1.82, 2.24) is 10.2 Å². The van der Waals surface area contributed by atoms with E-state index in [2.05, 4.69) is 10.2 Å². The predicted molar refractivity (Wildman–Crippen MR) is 72.7 cm³/mol. The molecule has 18 heavy (non-hydrogen) atoms. The van der Waals surface area contributed by atoms with E-state index in [0.717, 1.165) is 54.8 Å². The molecule has 0 aromatic heterocycles. The lowest BCUT2D eigenvalue weighted by Crippen LogP contribution is -2.43. The topological polar surface area (TPSA) is 33.7 Å². The van der Waals surface area contributed by atoms with E-state index in [0.29, 0.717) is 0 Å². The van der Waals surface area contributed by atoms with E-state index in [1.807, 2.05) is 12.1 Å². The molecule has 0 radical (unpaired) electrons. The second-order valence-electron chi connectivity index (χ2n) is 4.29. The van der Waals surface area contributed by atoms with Crippen LogP contribution in [0.25, 0.3) is 0 Å². The molecule has 0 aliphatic carbocycles. The summed E-state index contributed by atoms with van der Waals surface area (Å²) in [5.74, 6) is 1.47. The van der Waals surface area contributed by atoms with Gasteiger partial charge in [-0.3, -0.25) is 4.90 Å². The van der Waals surface area contributed by atoms with Crippen LogP contribution >= 0.6 is 11.6 Å². The number of piperazine rings is 1. The lowest BCUT2D eigenvalue weighted by atomic mass is 10.1. The van der Waals surface area contributed by atoms with Gasteiger partial charge in [0.15, 0.2) is 11.5 Å². The summed E-state index contributed by atoms with van der Waals surface area (Å²) in [7, 11) is 3.29. The fraction of sp³-hybridized carbons (Fsp3) is 0.538. The van der Waals surface area contributed by atoms with E-state index in [4.69, 9.17) is 21.1 Å². The third-order valence-corrected chi connectivity index (χ3v) is 3.54. The first kappa shape index (κ1) is 13.5. The van der Waals surface area contributed by atoms with E-state index in [1.165, 1.54) is 0 Å². The zero-order valence-electron chi connectivity index (χ0n) is 10.8. The summed E-state index contributed by atoms with van der Waals surface area (Å²) in [4.78, 5) is 2.36. The highest BCUT2D eigenvalue weighted by Crippen LogP contribution is 2.36. The highest BCUT2D eigenvalue weighted by molar-refractivity contribution is 6.31. The Morgan fingerprint density at radius 2 is 1.94 bits per heavy atom. The Morgan fingerprint density at radius 3 is 2.56 bits per heavy atom. The van der Waals surface area contributed by atoms with E-state index in [-0.39, 0.29) is 0 Å². The van der Waals surface area contributed by atoms with Crippen LogP contribution in [0.2, 0.25) is 5.02 Å². The number of benzene rings is 1. The number of hydrogen-bond donors (Lipinski definition) is 1. The van der Waals surface area contributed by atoms with Gasteiger partial charge in [0.1, 0.15) is 0 Å². The van der Waals surface area contributed by atoms with Crippen molar-refractivity contribution in [3.05, 3.63) is 22.7 Å². The lowest BCUT2D eigenvalue weighted by Gasteiger charge is -2.28. The molecule has 1 aromatic carbocycles. The zero-order chi connectivity index (χ0) is 13.0. The number of methoxy groups -OCH3 is 2. The van der Waals surface area contributed by atoms with Crippen LogP contribution in [0.3, 0.4) is 0 Å². The van der Waals surface area contributed by atoms with Crippen LogP contribution in [0.15, 0.2) is 12.1 Å². The van der Waals surface area contributed by atoms with E-state index in [1.54, 1.807) is 14.2 Å². The van der Waals surface area contributed by atoms with E-state index < -0.39 is 0 Å². The summed E-state index contributed by atoms with van der Waals surface area (Å²) < 4.78 is 10.7. The second kappa shape index (κ2) is 6.27. The molecule has 1 aliphatic heterocycles. The number of nitrogens with one attached hydrogen (secondary N) is 1. The van der Waals surface area contributed by atoms with Gasteiger partial charge in [0.05, 0.1) is 14.2 Å². The van der Waals surface area contributed by atoms with Crippen molar-refractivity contribution in [3.8, 4) is 11.5 Å². The highest BCUT2D eigenvalue weighted by Gasteiger charge is 2.18. The molecular formula is C13H19ClN2O2. The summed E-state index contributed by atoms with van der Waals surface area (Å²) in [5, 5.41) is 4.06. The molecule has 1 fully saturated rings. The summed E-state index contributed by atoms with van der Waals surface area (Å²) in [6, 6.07) is 3.70. The van der Waals surface area contributed by atoms with Gasteiger partial charge >= 0.3 is 0 Å². The predicted octanol–water partition coefficient (Wildman–Crippen LogP) is 1.76. The van der Waals surface area contributed by atoms with Crippen LogP contribution in [-0.4, -0.2) is 45.3 Å². The van der Waals surface area contributed by atoms with Crippen molar-refractivity contribution in [2.24, 2.45) is 0 Å². The van der Waals surface area contributed by atoms with Crippen LogP contribution in [-0.2, 0) is 6.54 Å². The van der Waals surface area contributed by atoms with Crippen LogP contribution in [0.4, 0.5) is 0 Å². The zero-order valence-corrected chi connectivity index (χ0v) is 11.6. The molecule has 1 heterocycles. The van der Waals surface area contributed by atoms with Gasteiger partial charge in [-0.2, -0.15) is 0 Å². The Bertz CT molecular complexity index is 406. The first-order valence-corrected chi connectivity index (χ1v) is 6.46. The van der Waals surface area contributed by atoms with Crippen LogP contribution in [0.5, 0.6) is 11.5 Å². The molecule has 2 rings (SSSR count). The fourth-order valence-electron chi connectivity index (χ4n) is 2.21. The largest absolute Gasteiger partial charge is 0.493 e. The van der Waals surface area contributed by atoms with Gasteiger partial charge in [-0.25, -0.2) is 0 Å². The normalized spacial score (nSPS) is 16.6. The summed E-state index contributed by atoms with van der Waals surface area (Å²) in [6.45, 7) is 4.88. The third kappa shape index (κ3) is 2.88. The van der Waals surface area contributed by atoms with Crippen molar-refractivity contribution < 1.29 is 9.47 Å². The summed E-state index contributed by atoms with van der Waals surface area (Å²) in [6.07, 6.45) is 0. The van der Waals surface area contributed by atoms with E-state index >= 15 is 0 Å². The first-order chi connectivity index (χ1) is 8.76. The standard InChI is InChI=1S/C13H19ClN2O2/c1-17-12-4-3-11(14)10(13(12)18-2)9-16-7-5-15-6-8-16/h3-4,15H,5-9H2,1-2H3. The minimum Gasteiger partial charge on any atom is -0.493 e. The highest BCUT2D eigenvalue weighted by atomic mass is 35.5. The molecule has 5 heteroatoms. The Kier molecular flexibility index (Phi) is 4.69. The fourth-order valence-corrected chi connectivity index (χ4v) is 2.42. The number of halogens is 1. The molecule has 4 nitrogen and oxygen atoms in total. The summed E-state index contributed by atoms with van der Waals surface area (Å²) >= 11 is 6.28. The number of hydrogen-bond acceptors (Lipinski definition) is 4. The van der Waals surface area contributed by atoms with Gasteiger partial charge in [-0.1, -0.05) is 11.6 Å². The van der Waals surface area contributed by atoms with Crippen LogP contribution in [0, 0.1) is 0 Å². The molecular weight excluding hydrogens is 252 g/mol. The van der Waals surface area contributed by atoms with Gasteiger partial charge in [0, 0.05) is 43.3 Å². The van der Waals surface area contributed by atoms with E-state index in [9.17, 15) is 0 Å². The molecule has 1 N–H and O–H groups in total. The van der Waals surface area contributed by atoms with Crippen molar-refractivity contribution in [2.45, 2.75) is 6.54 Å². The molecule has 1 aliphatic rings. The second-order valence-corrected chi connectivity index (χ2v) is 4.69. The van der Waals surface area contributed by atoms with Gasteiger partial charge in [0.2, 0.25) is 0 Å². The van der Waals surface area contributed by atoms with Crippen molar-refractivity contribution in [3.63, 3.8) is 0 Å². The molecule has 1 saturated heterocycles. The Hall–Kier alpha value is -0.970. The van der Waals surface area contributed by atoms with Crippen molar-refractivity contribution >= 4 is 11.6 Å². The maximum absolute atomic E-state index is 6.28. The molecule has 0 spiro atoms. The third-order valence-electron chi connectivity index (χ3n) is 3.18. The lowest BCUT2D eigenvalue weighted by molar-refractivity contribution is 0.229. The Balaban J connectivity index is 2.24. The smallest absolute Gasteiger partial charge is 0.166 e.